The van der Waals surface area contributed by atoms with E-state index in [1.807, 2.05) is 30.3 Å². The quantitative estimate of drug-likeness (QED) is 0.787. The summed E-state index contributed by atoms with van der Waals surface area (Å²) >= 11 is 0. The average molecular weight is 261 g/mol. The first-order valence-corrected chi connectivity index (χ1v) is 6.55. The fraction of sp³-hybridized carbons (Fsp3) is 0.429. The summed E-state index contributed by atoms with van der Waals surface area (Å²) in [5, 5.41) is 5.86. The molecule has 1 aromatic rings. The molecule has 1 heterocycles. The maximum absolute atomic E-state index is 11.8. The van der Waals surface area contributed by atoms with Gasteiger partial charge in [0.2, 0.25) is 11.8 Å². The summed E-state index contributed by atoms with van der Waals surface area (Å²) in [6, 6.07) is 9.51. The van der Waals surface area contributed by atoms with Gasteiger partial charge >= 0.3 is 0 Å². The largest absolute Gasteiger partial charge is 0.347 e. The average Bonchev–Trinajstić information content (AvgIpc) is 2.47. The van der Waals surface area contributed by atoms with E-state index in [0.29, 0.717) is 19.5 Å². The summed E-state index contributed by atoms with van der Waals surface area (Å²) in [6.45, 7) is 3.17. The Morgan fingerprint density at radius 3 is 2.53 bits per heavy atom. The van der Waals surface area contributed by atoms with Crippen molar-refractivity contribution in [3.05, 3.63) is 35.9 Å². The zero-order valence-electron chi connectivity index (χ0n) is 10.9. The first-order chi connectivity index (χ1) is 9.25. The van der Waals surface area contributed by atoms with Gasteiger partial charge in [0.25, 0.3) is 0 Å². The van der Waals surface area contributed by atoms with E-state index in [2.05, 4.69) is 10.6 Å². The molecule has 1 aromatic carbocycles. The Bertz CT molecular complexity index is 428. The lowest BCUT2D eigenvalue weighted by Crippen LogP contribution is -2.49. The molecule has 0 spiro atoms. The summed E-state index contributed by atoms with van der Waals surface area (Å²) < 4.78 is 0. The van der Waals surface area contributed by atoms with E-state index in [4.69, 9.17) is 0 Å². The van der Waals surface area contributed by atoms with Crippen molar-refractivity contribution in [1.29, 1.82) is 0 Å². The third kappa shape index (κ3) is 4.37. The minimum absolute atomic E-state index is 0.0112. The zero-order chi connectivity index (χ0) is 13.5. The maximum Gasteiger partial charge on any atom is 0.242 e. The minimum Gasteiger partial charge on any atom is -0.347 e. The van der Waals surface area contributed by atoms with Crippen LogP contribution >= 0.6 is 0 Å². The van der Waals surface area contributed by atoms with E-state index < -0.39 is 0 Å². The number of rotatable bonds is 4. The Balaban J connectivity index is 1.72. The van der Waals surface area contributed by atoms with Gasteiger partial charge in [-0.05, 0) is 5.56 Å². The smallest absolute Gasteiger partial charge is 0.242 e. The van der Waals surface area contributed by atoms with Crippen molar-refractivity contribution in [2.24, 2.45) is 0 Å². The van der Waals surface area contributed by atoms with Crippen molar-refractivity contribution in [3.63, 3.8) is 0 Å². The van der Waals surface area contributed by atoms with Gasteiger partial charge in [0.1, 0.15) is 0 Å². The van der Waals surface area contributed by atoms with Crippen LogP contribution in [0.25, 0.3) is 0 Å². The zero-order valence-corrected chi connectivity index (χ0v) is 10.9. The number of hydrogen-bond acceptors (Lipinski definition) is 3. The monoisotopic (exact) mass is 261 g/mol. The molecule has 2 N–H and O–H groups in total. The Morgan fingerprint density at radius 2 is 1.84 bits per heavy atom. The van der Waals surface area contributed by atoms with Crippen LogP contribution in [0.5, 0.6) is 0 Å². The molecule has 0 unspecified atom stereocenters. The summed E-state index contributed by atoms with van der Waals surface area (Å²) in [4.78, 5) is 25.3. The van der Waals surface area contributed by atoms with Crippen LogP contribution < -0.4 is 10.6 Å². The summed E-state index contributed by atoms with van der Waals surface area (Å²) in [5.41, 5.74) is 0.953. The Hall–Kier alpha value is -1.88. The number of nitrogens with one attached hydrogen (secondary N) is 2. The second-order valence-corrected chi connectivity index (χ2v) is 4.57. The fourth-order valence-corrected chi connectivity index (χ4v) is 2.04. The van der Waals surface area contributed by atoms with Crippen molar-refractivity contribution >= 4 is 11.8 Å². The molecular weight excluding hydrogens is 242 g/mol. The highest BCUT2D eigenvalue weighted by molar-refractivity contribution is 5.85. The first kappa shape index (κ1) is 13.5. The molecule has 2 amide bonds. The predicted molar refractivity (Wildman–Crippen MR) is 72.6 cm³/mol. The number of carbonyl (C=O) groups excluding carboxylic acids is 2. The molecular formula is C14H19N3O2. The molecule has 2 rings (SSSR count). The molecule has 102 valence electrons. The number of carbonyl (C=O) groups is 2. The van der Waals surface area contributed by atoms with Gasteiger partial charge in [0.05, 0.1) is 13.0 Å². The van der Waals surface area contributed by atoms with Crippen molar-refractivity contribution in [1.82, 2.24) is 15.5 Å². The summed E-state index contributed by atoms with van der Waals surface area (Å²) in [7, 11) is 0. The number of hydrogen-bond donors (Lipinski definition) is 2. The van der Waals surface area contributed by atoms with Crippen LogP contribution in [0.15, 0.2) is 30.3 Å². The Labute approximate surface area is 113 Å². The lowest BCUT2D eigenvalue weighted by atomic mass is 10.1. The van der Waals surface area contributed by atoms with Crippen LogP contribution in [0, 0.1) is 0 Å². The van der Waals surface area contributed by atoms with Crippen LogP contribution in [-0.4, -0.2) is 49.4 Å². The van der Waals surface area contributed by atoms with Gasteiger partial charge in [-0.3, -0.25) is 9.59 Å². The van der Waals surface area contributed by atoms with Crippen LogP contribution in [0.3, 0.4) is 0 Å². The molecule has 19 heavy (non-hydrogen) atoms. The van der Waals surface area contributed by atoms with Crippen molar-refractivity contribution in [3.8, 4) is 0 Å². The van der Waals surface area contributed by atoms with Crippen LogP contribution in [-0.2, 0) is 16.0 Å². The lowest BCUT2D eigenvalue weighted by molar-refractivity contribution is -0.133. The van der Waals surface area contributed by atoms with Crippen molar-refractivity contribution in [2.75, 3.05) is 32.7 Å². The van der Waals surface area contributed by atoms with Crippen molar-refractivity contribution in [2.45, 2.75) is 6.42 Å². The number of nitrogens with zero attached hydrogens (tertiary/aromatic N) is 1. The summed E-state index contributed by atoms with van der Waals surface area (Å²) in [6.07, 6.45) is 0.315. The molecule has 1 saturated heterocycles. The predicted octanol–water partition coefficient (Wildman–Crippen LogP) is -0.223. The molecule has 5 nitrogen and oxygen atoms in total. The molecule has 0 bridgehead atoms. The Kier molecular flexibility index (Phi) is 4.92. The minimum atomic E-state index is -0.116. The second-order valence-electron chi connectivity index (χ2n) is 4.57. The molecule has 0 aromatic heterocycles. The molecule has 0 saturated carbocycles. The molecule has 0 aliphatic carbocycles. The van der Waals surface area contributed by atoms with Gasteiger partial charge in [0, 0.05) is 26.2 Å². The number of piperazine rings is 1. The first-order valence-electron chi connectivity index (χ1n) is 6.55. The van der Waals surface area contributed by atoms with Crippen LogP contribution in [0.1, 0.15) is 5.56 Å². The van der Waals surface area contributed by atoms with Gasteiger partial charge in [-0.25, -0.2) is 0 Å². The van der Waals surface area contributed by atoms with E-state index in [1.165, 1.54) is 0 Å². The Morgan fingerprint density at radius 1 is 1.16 bits per heavy atom. The van der Waals surface area contributed by atoms with Crippen molar-refractivity contribution < 1.29 is 9.59 Å². The molecule has 1 aliphatic rings. The van der Waals surface area contributed by atoms with E-state index >= 15 is 0 Å². The van der Waals surface area contributed by atoms with Gasteiger partial charge in [-0.1, -0.05) is 30.3 Å². The standard InChI is InChI=1S/C14H19N3O2/c18-13(10-12-4-2-1-3-5-12)16-11-14(19)17-8-6-15-7-9-17/h1-5,15H,6-11H2,(H,16,18). The highest BCUT2D eigenvalue weighted by Crippen LogP contribution is 1.99. The maximum atomic E-state index is 11.8. The van der Waals surface area contributed by atoms with Gasteiger partial charge in [-0.2, -0.15) is 0 Å². The highest BCUT2D eigenvalue weighted by atomic mass is 16.2. The lowest BCUT2D eigenvalue weighted by Gasteiger charge is -2.27. The molecule has 0 atom stereocenters. The molecule has 0 radical (unpaired) electrons. The van der Waals surface area contributed by atoms with E-state index in [-0.39, 0.29) is 18.4 Å². The van der Waals surface area contributed by atoms with Gasteiger partial charge in [0.15, 0.2) is 0 Å². The molecule has 1 fully saturated rings. The SMILES string of the molecule is O=C(Cc1ccccc1)NCC(=O)N1CCNCC1. The van der Waals surface area contributed by atoms with Crippen LogP contribution in [0.2, 0.25) is 0 Å². The molecule has 5 heteroatoms. The highest BCUT2D eigenvalue weighted by Gasteiger charge is 2.16. The third-order valence-corrected chi connectivity index (χ3v) is 3.11. The van der Waals surface area contributed by atoms with Crippen LogP contribution in [0.4, 0.5) is 0 Å². The molecule has 1 aliphatic heterocycles. The third-order valence-electron chi connectivity index (χ3n) is 3.11. The normalized spacial score (nSPS) is 15.1. The fourth-order valence-electron chi connectivity index (χ4n) is 2.04. The van der Waals surface area contributed by atoms with E-state index in [9.17, 15) is 9.59 Å². The second kappa shape index (κ2) is 6.89. The topological polar surface area (TPSA) is 61.4 Å². The van der Waals surface area contributed by atoms with E-state index in [0.717, 1.165) is 18.7 Å². The number of benzene rings is 1. The van der Waals surface area contributed by atoms with Gasteiger partial charge in [-0.15, -0.1) is 0 Å². The summed E-state index contributed by atoms with van der Waals surface area (Å²) in [5.74, 6) is -0.127. The number of amides is 2. The van der Waals surface area contributed by atoms with E-state index in [1.54, 1.807) is 4.90 Å². The van der Waals surface area contributed by atoms with Gasteiger partial charge < -0.3 is 15.5 Å².